The Labute approximate surface area is 106 Å². The van der Waals surface area contributed by atoms with Gasteiger partial charge in [0.2, 0.25) is 6.04 Å². The number of hydrogen-bond donors (Lipinski definition) is 0. The third kappa shape index (κ3) is 4.96. The van der Waals surface area contributed by atoms with Crippen LogP contribution in [-0.4, -0.2) is 12.2 Å². The molecule has 1 aliphatic carbocycles. The minimum absolute atomic E-state index is 0.0322. The number of alkyl halides is 3. The summed E-state index contributed by atoms with van der Waals surface area (Å²) in [4.78, 5) is 3.48. The van der Waals surface area contributed by atoms with Crippen LogP contribution in [-0.2, 0) is 0 Å². The molecule has 0 spiro atoms. The van der Waals surface area contributed by atoms with Gasteiger partial charge in [-0.2, -0.15) is 18.4 Å². The molecule has 1 atom stereocenters. The summed E-state index contributed by atoms with van der Waals surface area (Å²) in [7, 11) is 0. The van der Waals surface area contributed by atoms with Gasteiger partial charge in [0.25, 0.3) is 0 Å². The fourth-order valence-corrected chi connectivity index (χ4v) is 2.56. The minimum atomic E-state index is -4.12. The average Bonchev–Trinajstić information content (AvgIpc) is 2.34. The molecule has 5 heteroatoms. The zero-order valence-corrected chi connectivity index (χ0v) is 10.2. The molecule has 0 amide bonds. The van der Waals surface area contributed by atoms with Crippen molar-refractivity contribution < 1.29 is 13.2 Å². The first-order chi connectivity index (χ1) is 8.46. The molecule has 0 aromatic heterocycles. The number of nitrogens with zero attached hydrogens (tertiary/aromatic N) is 2. The average molecular weight is 258 g/mol. The predicted molar refractivity (Wildman–Crippen MR) is 61.4 cm³/mol. The van der Waals surface area contributed by atoms with Crippen LogP contribution in [0.5, 0.6) is 0 Å². The highest BCUT2D eigenvalue weighted by Gasteiger charge is 2.31. The second-order valence-electron chi connectivity index (χ2n) is 4.94. The highest BCUT2D eigenvalue weighted by atomic mass is 19.4. The maximum atomic E-state index is 12.0. The normalized spacial score (nSPS) is 26.1. The van der Waals surface area contributed by atoms with E-state index in [-0.39, 0.29) is 24.3 Å². The van der Waals surface area contributed by atoms with E-state index in [0.29, 0.717) is 6.42 Å². The monoisotopic (exact) mass is 258 g/mol. The predicted octanol–water partition coefficient (Wildman–Crippen LogP) is 4.34. The molecule has 0 aromatic rings. The van der Waals surface area contributed by atoms with Gasteiger partial charge in [-0.05, 0) is 31.6 Å². The molecule has 1 aliphatic rings. The largest absolute Gasteiger partial charge is 0.389 e. The third-order valence-corrected chi connectivity index (χ3v) is 3.63. The first-order valence-electron chi connectivity index (χ1n) is 6.29. The molecule has 0 saturated heterocycles. The van der Waals surface area contributed by atoms with Crippen molar-refractivity contribution in [1.29, 1.82) is 5.26 Å². The molecule has 18 heavy (non-hydrogen) atoms. The standard InChI is InChI=1S/C13H17F3N2/c1-18-12-6-4-10(5-7-12)11(9-17)3-2-8-13(14,15)16/h10-12H,2-8H2. The molecular formula is C13H17F3N2. The number of halogens is 3. The quantitative estimate of drug-likeness (QED) is 0.689. The molecule has 0 N–H and O–H groups in total. The SMILES string of the molecule is [C-]#[N+]C1CCC(C(C#N)CCCC(F)(F)F)CC1. The van der Waals surface area contributed by atoms with Crippen molar-refractivity contribution in [3.05, 3.63) is 11.4 Å². The van der Waals surface area contributed by atoms with E-state index in [1.165, 1.54) is 0 Å². The van der Waals surface area contributed by atoms with Gasteiger partial charge in [0.15, 0.2) is 0 Å². The Morgan fingerprint density at radius 2 is 1.89 bits per heavy atom. The molecule has 0 radical (unpaired) electrons. The third-order valence-electron chi connectivity index (χ3n) is 3.63. The van der Waals surface area contributed by atoms with E-state index >= 15 is 0 Å². The second-order valence-corrected chi connectivity index (χ2v) is 4.94. The van der Waals surface area contributed by atoms with Gasteiger partial charge in [-0.15, -0.1) is 0 Å². The number of rotatable bonds is 4. The zero-order valence-electron chi connectivity index (χ0n) is 10.2. The smallest absolute Gasteiger partial charge is 0.314 e. The summed E-state index contributed by atoms with van der Waals surface area (Å²) in [6.07, 6.45) is -1.40. The van der Waals surface area contributed by atoms with Gasteiger partial charge in [-0.1, -0.05) is 0 Å². The van der Waals surface area contributed by atoms with Crippen molar-refractivity contribution in [3.63, 3.8) is 0 Å². The van der Waals surface area contributed by atoms with Crippen molar-refractivity contribution in [2.24, 2.45) is 11.8 Å². The molecule has 0 aliphatic heterocycles. The fourth-order valence-electron chi connectivity index (χ4n) is 2.56. The maximum Gasteiger partial charge on any atom is 0.389 e. The van der Waals surface area contributed by atoms with Crippen molar-refractivity contribution in [2.75, 3.05) is 0 Å². The Bertz CT molecular complexity index is 330. The van der Waals surface area contributed by atoms with Gasteiger partial charge in [-0.3, -0.25) is 0 Å². The van der Waals surface area contributed by atoms with Crippen molar-refractivity contribution >= 4 is 0 Å². The Morgan fingerprint density at radius 1 is 1.28 bits per heavy atom. The molecule has 0 aromatic carbocycles. The maximum absolute atomic E-state index is 12.0. The van der Waals surface area contributed by atoms with Crippen molar-refractivity contribution in [2.45, 2.75) is 57.2 Å². The lowest BCUT2D eigenvalue weighted by Crippen LogP contribution is -2.22. The van der Waals surface area contributed by atoms with E-state index in [1.54, 1.807) is 0 Å². The summed E-state index contributed by atoms with van der Waals surface area (Å²) in [6.45, 7) is 6.93. The Balaban J connectivity index is 2.34. The van der Waals surface area contributed by atoms with Crippen molar-refractivity contribution in [3.8, 4) is 6.07 Å². The van der Waals surface area contributed by atoms with E-state index in [0.717, 1.165) is 25.7 Å². The van der Waals surface area contributed by atoms with Crippen LogP contribution in [0.1, 0.15) is 44.9 Å². The fraction of sp³-hybridized carbons (Fsp3) is 0.846. The highest BCUT2D eigenvalue weighted by molar-refractivity contribution is 4.93. The molecule has 1 saturated carbocycles. The number of hydrogen-bond acceptors (Lipinski definition) is 1. The van der Waals surface area contributed by atoms with Crippen LogP contribution in [0.15, 0.2) is 0 Å². The first-order valence-corrected chi connectivity index (χ1v) is 6.29. The Kier molecular flexibility index (Phi) is 5.47. The first kappa shape index (κ1) is 14.8. The van der Waals surface area contributed by atoms with Crippen LogP contribution in [0, 0.1) is 29.7 Å². The molecule has 1 fully saturated rings. The van der Waals surface area contributed by atoms with Gasteiger partial charge >= 0.3 is 6.18 Å². The molecule has 100 valence electrons. The van der Waals surface area contributed by atoms with Crippen LogP contribution < -0.4 is 0 Å². The zero-order chi connectivity index (χ0) is 13.6. The summed E-state index contributed by atoms with van der Waals surface area (Å²) in [6, 6.07) is 2.20. The Morgan fingerprint density at radius 3 is 2.33 bits per heavy atom. The Hall–Kier alpha value is -1.23. The summed E-state index contributed by atoms with van der Waals surface area (Å²) >= 11 is 0. The topological polar surface area (TPSA) is 28.1 Å². The summed E-state index contributed by atoms with van der Waals surface area (Å²) in [5.41, 5.74) is 0. The van der Waals surface area contributed by atoms with Crippen LogP contribution in [0.2, 0.25) is 0 Å². The summed E-state index contributed by atoms with van der Waals surface area (Å²) < 4.78 is 36.1. The van der Waals surface area contributed by atoms with Gasteiger partial charge in [0, 0.05) is 25.2 Å². The molecule has 1 unspecified atom stereocenters. The molecule has 0 heterocycles. The summed E-state index contributed by atoms with van der Waals surface area (Å²) in [5.74, 6) is -0.0970. The lowest BCUT2D eigenvalue weighted by Gasteiger charge is -2.26. The van der Waals surface area contributed by atoms with Gasteiger partial charge in [0.1, 0.15) is 0 Å². The van der Waals surface area contributed by atoms with Crippen LogP contribution >= 0.6 is 0 Å². The van der Waals surface area contributed by atoms with E-state index in [9.17, 15) is 13.2 Å². The number of nitriles is 1. The summed E-state index contributed by atoms with van der Waals surface area (Å²) in [5, 5.41) is 9.04. The van der Waals surface area contributed by atoms with E-state index < -0.39 is 12.6 Å². The van der Waals surface area contributed by atoms with E-state index in [1.807, 2.05) is 0 Å². The minimum Gasteiger partial charge on any atom is -0.314 e. The lowest BCUT2D eigenvalue weighted by atomic mass is 9.77. The van der Waals surface area contributed by atoms with Gasteiger partial charge in [0.05, 0.1) is 6.07 Å². The molecule has 1 rings (SSSR count). The molecular weight excluding hydrogens is 241 g/mol. The molecule has 0 bridgehead atoms. The molecule has 2 nitrogen and oxygen atoms in total. The second kappa shape index (κ2) is 6.64. The lowest BCUT2D eigenvalue weighted by molar-refractivity contribution is -0.136. The highest BCUT2D eigenvalue weighted by Crippen LogP contribution is 2.34. The van der Waals surface area contributed by atoms with Gasteiger partial charge < -0.3 is 4.85 Å². The van der Waals surface area contributed by atoms with Crippen molar-refractivity contribution in [1.82, 2.24) is 0 Å². The van der Waals surface area contributed by atoms with E-state index in [4.69, 9.17) is 11.8 Å². The van der Waals surface area contributed by atoms with Gasteiger partial charge in [-0.25, -0.2) is 6.57 Å². The van der Waals surface area contributed by atoms with Crippen LogP contribution in [0.25, 0.3) is 4.85 Å². The van der Waals surface area contributed by atoms with Crippen LogP contribution in [0.3, 0.4) is 0 Å². The van der Waals surface area contributed by atoms with E-state index in [2.05, 4.69) is 10.9 Å². The van der Waals surface area contributed by atoms with Crippen LogP contribution in [0.4, 0.5) is 13.2 Å².